The van der Waals surface area contributed by atoms with Gasteiger partial charge in [-0.3, -0.25) is 0 Å². The zero-order chi connectivity index (χ0) is 14.8. The third-order valence-corrected chi connectivity index (χ3v) is 4.33. The normalized spacial score (nSPS) is 12.9. The molecule has 0 aromatic heterocycles. The van der Waals surface area contributed by atoms with Crippen LogP contribution in [-0.2, 0) is 0 Å². The molecule has 116 valence electrons. The van der Waals surface area contributed by atoms with Crippen LogP contribution in [0.4, 0.5) is 22.0 Å². The maximum Gasteiger partial charge on any atom is 0.453 e. The lowest BCUT2D eigenvalue weighted by Crippen LogP contribution is -2.36. The van der Waals surface area contributed by atoms with Crippen LogP contribution in [0.1, 0.15) is 44.9 Å². The smallest absolute Gasteiger partial charge is 0.196 e. The van der Waals surface area contributed by atoms with Gasteiger partial charge in [0.25, 0.3) is 0 Å². The van der Waals surface area contributed by atoms with Gasteiger partial charge < -0.3 is 0 Å². The molecular weight excluding hydrogens is 351 g/mol. The molecule has 0 aliphatic heterocycles. The van der Waals surface area contributed by atoms with Gasteiger partial charge in [0.15, 0.2) is 0 Å². The molecule has 0 amide bonds. The molecule has 0 nitrogen and oxygen atoms in total. The quantitative estimate of drug-likeness (QED) is 0.242. The van der Waals surface area contributed by atoms with E-state index in [0.29, 0.717) is 5.75 Å². The fourth-order valence-electron chi connectivity index (χ4n) is 1.47. The average Bonchev–Trinajstić information content (AvgIpc) is 2.30. The Morgan fingerprint density at radius 2 is 1.26 bits per heavy atom. The molecule has 0 spiro atoms. The molecule has 0 atom stereocenters. The largest absolute Gasteiger partial charge is 0.453 e. The Hall–Kier alpha value is 0.480. The second-order valence-electron chi connectivity index (χ2n) is 4.37. The van der Waals surface area contributed by atoms with Gasteiger partial charge in [0, 0.05) is 11.8 Å². The van der Waals surface area contributed by atoms with Gasteiger partial charge in [0.2, 0.25) is 0 Å². The van der Waals surface area contributed by atoms with Crippen LogP contribution in [0.5, 0.6) is 0 Å². The van der Waals surface area contributed by atoms with Gasteiger partial charge in [0.1, 0.15) is 0 Å². The van der Waals surface area contributed by atoms with Crippen molar-refractivity contribution in [2.45, 2.75) is 57.0 Å². The van der Waals surface area contributed by atoms with Crippen molar-refractivity contribution in [1.82, 2.24) is 0 Å². The summed E-state index contributed by atoms with van der Waals surface area (Å²) in [7, 11) is 0. The molecule has 0 aliphatic carbocycles. The number of hydrogen-bond acceptors (Lipinski definition) is 1. The Kier molecular flexibility index (Phi) is 10.5. The van der Waals surface area contributed by atoms with Crippen LogP contribution in [0.3, 0.4) is 0 Å². The summed E-state index contributed by atoms with van der Waals surface area (Å²) >= 11 is 4.80. The Balaban J connectivity index is 3.37. The fraction of sp³-hybridized carbons (Fsp3) is 1.00. The first-order valence-electron chi connectivity index (χ1n) is 6.39. The number of unbranched alkanes of at least 4 members (excludes halogenated alkanes) is 4. The average molecular weight is 371 g/mol. The maximum absolute atomic E-state index is 12.5. The molecule has 0 aromatic rings. The molecule has 0 heterocycles. The second-order valence-corrected chi connectivity index (χ2v) is 6.39. The van der Waals surface area contributed by atoms with Crippen molar-refractivity contribution in [3.63, 3.8) is 0 Å². The maximum atomic E-state index is 12.5. The molecule has 0 saturated carbocycles. The number of hydrogen-bond donors (Lipinski definition) is 0. The van der Waals surface area contributed by atoms with E-state index < -0.39 is 18.5 Å². The third kappa shape index (κ3) is 9.93. The number of rotatable bonds is 11. The fourth-order valence-corrected chi connectivity index (χ4v) is 2.83. The van der Waals surface area contributed by atoms with Crippen molar-refractivity contribution < 1.29 is 22.0 Å². The van der Waals surface area contributed by atoms with E-state index in [9.17, 15) is 22.0 Å². The van der Waals surface area contributed by atoms with Crippen LogP contribution in [-0.4, -0.2) is 28.9 Å². The Morgan fingerprint density at radius 1 is 0.737 bits per heavy atom. The van der Waals surface area contributed by atoms with Crippen molar-refractivity contribution in [1.29, 1.82) is 0 Å². The van der Waals surface area contributed by atoms with E-state index in [1.54, 1.807) is 0 Å². The van der Waals surface area contributed by atoms with Gasteiger partial charge in [-0.05, 0) is 30.8 Å². The van der Waals surface area contributed by atoms with Crippen LogP contribution in [0.25, 0.3) is 0 Å². The summed E-state index contributed by atoms with van der Waals surface area (Å²) < 4.78 is 60.6. The second kappa shape index (κ2) is 10.2. The minimum absolute atomic E-state index is 0.0965. The molecule has 0 radical (unpaired) electrons. The summed E-state index contributed by atoms with van der Waals surface area (Å²) in [6, 6.07) is 0. The molecule has 19 heavy (non-hydrogen) atoms. The van der Waals surface area contributed by atoms with Crippen LogP contribution >= 0.6 is 27.7 Å². The highest BCUT2D eigenvalue weighted by molar-refractivity contribution is 9.09. The molecule has 0 aromatic carbocycles. The molecule has 0 rings (SSSR count). The predicted molar refractivity (Wildman–Crippen MR) is 74.4 cm³/mol. The van der Waals surface area contributed by atoms with E-state index in [2.05, 4.69) is 15.9 Å². The van der Waals surface area contributed by atoms with Gasteiger partial charge in [-0.1, -0.05) is 35.2 Å². The third-order valence-electron chi connectivity index (χ3n) is 2.62. The SMILES string of the molecule is FC(F)(F)C(F)(F)CCCSCCCCCCCBr. The zero-order valence-electron chi connectivity index (χ0n) is 10.7. The monoisotopic (exact) mass is 370 g/mol. The van der Waals surface area contributed by atoms with E-state index in [1.165, 1.54) is 18.2 Å². The van der Waals surface area contributed by atoms with Crippen molar-refractivity contribution in [3.8, 4) is 0 Å². The van der Waals surface area contributed by atoms with Gasteiger partial charge in [-0.25, -0.2) is 0 Å². The van der Waals surface area contributed by atoms with Crippen LogP contribution in [0, 0.1) is 0 Å². The van der Waals surface area contributed by atoms with Crippen molar-refractivity contribution in [3.05, 3.63) is 0 Å². The van der Waals surface area contributed by atoms with Crippen LogP contribution in [0.15, 0.2) is 0 Å². The summed E-state index contributed by atoms with van der Waals surface area (Å²) in [6.45, 7) is 0. The highest BCUT2D eigenvalue weighted by atomic mass is 79.9. The highest BCUT2D eigenvalue weighted by Crippen LogP contribution is 2.39. The Morgan fingerprint density at radius 3 is 1.84 bits per heavy atom. The molecule has 7 heteroatoms. The lowest BCUT2D eigenvalue weighted by molar-refractivity contribution is -0.284. The summed E-state index contributed by atoms with van der Waals surface area (Å²) in [5.41, 5.74) is 0. The summed E-state index contributed by atoms with van der Waals surface area (Å²) in [6.07, 6.45) is -1.03. The minimum Gasteiger partial charge on any atom is -0.196 e. The van der Waals surface area contributed by atoms with E-state index >= 15 is 0 Å². The van der Waals surface area contributed by atoms with Crippen LogP contribution in [0.2, 0.25) is 0 Å². The predicted octanol–water partition coefficient (Wildman–Crippen LogP) is 6.04. The molecule has 0 bridgehead atoms. The lowest BCUT2D eigenvalue weighted by Gasteiger charge is -2.19. The summed E-state index contributed by atoms with van der Waals surface area (Å²) in [4.78, 5) is 0. The van der Waals surface area contributed by atoms with Gasteiger partial charge in [-0.15, -0.1) is 0 Å². The van der Waals surface area contributed by atoms with E-state index in [1.807, 2.05) is 0 Å². The van der Waals surface area contributed by atoms with Crippen molar-refractivity contribution in [2.75, 3.05) is 16.8 Å². The standard InChI is InChI=1S/C12H20BrF5S/c13-8-4-2-1-3-5-9-19-10-6-7-11(14,15)12(16,17)18/h1-10H2. The molecule has 0 fully saturated rings. The van der Waals surface area contributed by atoms with Gasteiger partial charge >= 0.3 is 12.1 Å². The first-order chi connectivity index (χ1) is 8.81. The van der Waals surface area contributed by atoms with Crippen LogP contribution < -0.4 is 0 Å². The first-order valence-corrected chi connectivity index (χ1v) is 8.67. The summed E-state index contributed by atoms with van der Waals surface area (Å²) in [5, 5.41) is 1.01. The Bertz CT molecular complexity index is 221. The number of alkyl halides is 6. The number of thioether (sulfide) groups is 1. The number of halogens is 6. The lowest BCUT2D eigenvalue weighted by atomic mass is 10.2. The minimum atomic E-state index is -5.41. The summed E-state index contributed by atoms with van der Waals surface area (Å²) in [5.74, 6) is -3.33. The van der Waals surface area contributed by atoms with E-state index in [0.717, 1.165) is 36.8 Å². The highest BCUT2D eigenvalue weighted by Gasteiger charge is 2.56. The Labute approximate surface area is 124 Å². The van der Waals surface area contributed by atoms with Crippen molar-refractivity contribution in [2.24, 2.45) is 0 Å². The topological polar surface area (TPSA) is 0 Å². The van der Waals surface area contributed by atoms with Crippen molar-refractivity contribution >= 4 is 27.7 Å². The van der Waals surface area contributed by atoms with E-state index in [-0.39, 0.29) is 6.42 Å². The molecule has 0 unspecified atom stereocenters. The molecule has 0 aliphatic rings. The first kappa shape index (κ1) is 19.5. The van der Waals surface area contributed by atoms with Gasteiger partial charge in [0.05, 0.1) is 0 Å². The molecular formula is C12H20BrF5S. The molecule has 0 N–H and O–H groups in total. The van der Waals surface area contributed by atoms with Gasteiger partial charge in [-0.2, -0.15) is 33.7 Å². The van der Waals surface area contributed by atoms with E-state index in [4.69, 9.17) is 0 Å². The molecule has 0 saturated heterocycles. The zero-order valence-corrected chi connectivity index (χ0v) is 13.1.